The van der Waals surface area contributed by atoms with E-state index in [9.17, 15) is 4.79 Å². The number of pyridine rings is 1. The first kappa shape index (κ1) is 13.4. The molecule has 0 radical (unpaired) electrons. The SMILES string of the molecule is CC(C)(CCO)CNC(=O)Nc1cccnc1. The van der Waals surface area contributed by atoms with Gasteiger partial charge in [-0.3, -0.25) is 4.98 Å². The molecule has 0 fully saturated rings. The Morgan fingerprint density at radius 1 is 1.53 bits per heavy atom. The Morgan fingerprint density at radius 3 is 2.88 bits per heavy atom. The molecule has 0 unspecified atom stereocenters. The smallest absolute Gasteiger partial charge is 0.319 e. The van der Waals surface area contributed by atoms with E-state index in [0.717, 1.165) is 0 Å². The van der Waals surface area contributed by atoms with Crippen molar-refractivity contribution in [3.05, 3.63) is 24.5 Å². The van der Waals surface area contributed by atoms with Gasteiger partial charge in [-0.2, -0.15) is 0 Å². The van der Waals surface area contributed by atoms with Crippen LogP contribution in [-0.4, -0.2) is 29.3 Å². The van der Waals surface area contributed by atoms with Crippen molar-refractivity contribution in [3.63, 3.8) is 0 Å². The van der Waals surface area contributed by atoms with Gasteiger partial charge in [-0.05, 0) is 24.0 Å². The number of carbonyl (C=O) groups excluding carboxylic acids is 1. The average molecular weight is 237 g/mol. The zero-order chi connectivity index (χ0) is 12.7. The Balaban J connectivity index is 2.36. The predicted molar refractivity (Wildman–Crippen MR) is 66.7 cm³/mol. The fraction of sp³-hybridized carbons (Fsp3) is 0.500. The maximum atomic E-state index is 11.6. The van der Waals surface area contributed by atoms with E-state index in [4.69, 9.17) is 5.11 Å². The number of hydrogen-bond donors (Lipinski definition) is 3. The molecule has 1 rings (SSSR count). The van der Waals surface area contributed by atoms with Crippen LogP contribution in [0.3, 0.4) is 0 Å². The minimum atomic E-state index is -0.260. The number of aliphatic hydroxyl groups excluding tert-OH is 1. The molecule has 0 spiro atoms. The largest absolute Gasteiger partial charge is 0.396 e. The van der Waals surface area contributed by atoms with Crippen LogP contribution < -0.4 is 10.6 Å². The standard InChI is InChI=1S/C12H19N3O2/c1-12(2,5-7-16)9-14-11(17)15-10-4-3-6-13-8-10/h3-4,6,8,16H,5,7,9H2,1-2H3,(H2,14,15,17). The number of aliphatic hydroxyl groups is 1. The molecule has 0 aliphatic rings. The first-order chi connectivity index (χ1) is 8.03. The minimum Gasteiger partial charge on any atom is -0.396 e. The normalized spacial score (nSPS) is 11.0. The van der Waals surface area contributed by atoms with E-state index < -0.39 is 0 Å². The van der Waals surface area contributed by atoms with Crippen LogP contribution in [0.15, 0.2) is 24.5 Å². The highest BCUT2D eigenvalue weighted by molar-refractivity contribution is 5.88. The highest BCUT2D eigenvalue weighted by Gasteiger charge is 2.17. The molecule has 0 bridgehead atoms. The van der Waals surface area contributed by atoms with Crippen LogP contribution in [0.5, 0.6) is 0 Å². The summed E-state index contributed by atoms with van der Waals surface area (Å²) in [6.45, 7) is 4.62. The second-order valence-electron chi connectivity index (χ2n) is 4.69. The maximum absolute atomic E-state index is 11.6. The summed E-state index contributed by atoms with van der Waals surface area (Å²) in [5.41, 5.74) is 0.547. The first-order valence-corrected chi connectivity index (χ1v) is 5.59. The topological polar surface area (TPSA) is 74.2 Å². The van der Waals surface area contributed by atoms with Crippen molar-refractivity contribution in [2.45, 2.75) is 20.3 Å². The van der Waals surface area contributed by atoms with E-state index in [-0.39, 0.29) is 18.1 Å². The fourth-order valence-corrected chi connectivity index (χ4v) is 1.32. The highest BCUT2D eigenvalue weighted by Crippen LogP contribution is 2.17. The summed E-state index contributed by atoms with van der Waals surface area (Å²) in [6, 6.07) is 3.26. The molecule has 3 N–H and O–H groups in total. The Morgan fingerprint density at radius 2 is 2.29 bits per heavy atom. The van der Waals surface area contributed by atoms with Gasteiger partial charge < -0.3 is 15.7 Å². The van der Waals surface area contributed by atoms with Crippen molar-refractivity contribution in [3.8, 4) is 0 Å². The molecule has 2 amide bonds. The highest BCUT2D eigenvalue weighted by atomic mass is 16.3. The van der Waals surface area contributed by atoms with Crippen molar-refractivity contribution in [2.75, 3.05) is 18.5 Å². The summed E-state index contributed by atoms with van der Waals surface area (Å²) >= 11 is 0. The molecule has 0 saturated carbocycles. The lowest BCUT2D eigenvalue weighted by Crippen LogP contribution is -2.37. The molecule has 5 heteroatoms. The lowest BCUT2D eigenvalue weighted by molar-refractivity contribution is 0.204. The lowest BCUT2D eigenvalue weighted by Gasteiger charge is -2.23. The van der Waals surface area contributed by atoms with Gasteiger partial charge in [0.25, 0.3) is 0 Å². The molecule has 0 saturated heterocycles. The van der Waals surface area contributed by atoms with E-state index in [1.54, 1.807) is 24.5 Å². The van der Waals surface area contributed by atoms with Gasteiger partial charge in [0, 0.05) is 19.3 Å². The van der Waals surface area contributed by atoms with E-state index in [2.05, 4.69) is 15.6 Å². The minimum absolute atomic E-state index is 0.110. The second kappa shape index (κ2) is 6.20. The van der Waals surface area contributed by atoms with Crippen LogP contribution in [0, 0.1) is 5.41 Å². The van der Waals surface area contributed by atoms with Gasteiger partial charge in [-0.15, -0.1) is 0 Å². The van der Waals surface area contributed by atoms with Gasteiger partial charge >= 0.3 is 6.03 Å². The quantitative estimate of drug-likeness (QED) is 0.728. The van der Waals surface area contributed by atoms with Crippen molar-refractivity contribution >= 4 is 11.7 Å². The molecule has 0 atom stereocenters. The molecule has 17 heavy (non-hydrogen) atoms. The molecule has 0 aliphatic heterocycles. The summed E-state index contributed by atoms with van der Waals surface area (Å²) in [5, 5.41) is 14.3. The number of aromatic nitrogens is 1. The number of rotatable bonds is 5. The number of urea groups is 1. The average Bonchev–Trinajstić information content (AvgIpc) is 2.28. The number of carbonyl (C=O) groups is 1. The van der Waals surface area contributed by atoms with E-state index in [0.29, 0.717) is 18.7 Å². The van der Waals surface area contributed by atoms with Crippen LogP contribution in [0.2, 0.25) is 0 Å². The molecule has 5 nitrogen and oxygen atoms in total. The van der Waals surface area contributed by atoms with Crippen LogP contribution >= 0.6 is 0 Å². The lowest BCUT2D eigenvalue weighted by atomic mass is 9.90. The monoisotopic (exact) mass is 237 g/mol. The van der Waals surface area contributed by atoms with Crippen molar-refractivity contribution in [1.29, 1.82) is 0 Å². The van der Waals surface area contributed by atoms with Gasteiger partial charge in [0.2, 0.25) is 0 Å². The third-order valence-corrected chi connectivity index (χ3v) is 2.44. The fourth-order valence-electron chi connectivity index (χ4n) is 1.32. The Hall–Kier alpha value is -1.62. The van der Waals surface area contributed by atoms with Crippen molar-refractivity contribution < 1.29 is 9.90 Å². The molecule has 0 aliphatic carbocycles. The van der Waals surface area contributed by atoms with Crippen molar-refractivity contribution in [1.82, 2.24) is 10.3 Å². The van der Waals surface area contributed by atoms with E-state index in [1.165, 1.54) is 0 Å². The van der Waals surface area contributed by atoms with Crippen LogP contribution in [0.25, 0.3) is 0 Å². The molecular formula is C12H19N3O2. The third-order valence-electron chi connectivity index (χ3n) is 2.44. The zero-order valence-corrected chi connectivity index (χ0v) is 10.2. The summed E-state index contributed by atoms with van der Waals surface area (Å²) < 4.78 is 0. The summed E-state index contributed by atoms with van der Waals surface area (Å²) in [7, 11) is 0. The van der Waals surface area contributed by atoms with Gasteiger partial charge in [-0.1, -0.05) is 13.8 Å². The van der Waals surface area contributed by atoms with E-state index in [1.807, 2.05) is 13.8 Å². The van der Waals surface area contributed by atoms with Gasteiger partial charge in [0.1, 0.15) is 0 Å². The molecular weight excluding hydrogens is 218 g/mol. The number of hydrogen-bond acceptors (Lipinski definition) is 3. The summed E-state index contributed by atoms with van der Waals surface area (Å²) in [4.78, 5) is 15.5. The van der Waals surface area contributed by atoms with Gasteiger partial charge in [-0.25, -0.2) is 4.79 Å². The first-order valence-electron chi connectivity index (χ1n) is 5.59. The number of anilines is 1. The Labute approximate surface area is 101 Å². The summed E-state index contributed by atoms with van der Waals surface area (Å²) in [5.74, 6) is 0. The van der Waals surface area contributed by atoms with Crippen LogP contribution in [0.4, 0.5) is 10.5 Å². The molecule has 1 aromatic rings. The van der Waals surface area contributed by atoms with Gasteiger partial charge in [0.15, 0.2) is 0 Å². The van der Waals surface area contributed by atoms with Crippen molar-refractivity contribution in [2.24, 2.45) is 5.41 Å². The third kappa shape index (κ3) is 5.31. The number of nitrogens with zero attached hydrogens (tertiary/aromatic N) is 1. The number of amides is 2. The Bertz CT molecular complexity index is 352. The Kier molecular flexibility index (Phi) is 4.90. The molecule has 0 aromatic carbocycles. The molecule has 1 aromatic heterocycles. The molecule has 94 valence electrons. The maximum Gasteiger partial charge on any atom is 0.319 e. The van der Waals surface area contributed by atoms with Crippen LogP contribution in [-0.2, 0) is 0 Å². The molecule has 1 heterocycles. The predicted octanol–water partition coefficient (Wildman–Crippen LogP) is 1.61. The number of nitrogens with one attached hydrogen (secondary N) is 2. The summed E-state index contributed by atoms with van der Waals surface area (Å²) in [6.07, 6.45) is 3.88. The van der Waals surface area contributed by atoms with E-state index >= 15 is 0 Å². The zero-order valence-electron chi connectivity index (χ0n) is 10.2. The second-order valence-corrected chi connectivity index (χ2v) is 4.69. The van der Waals surface area contributed by atoms with Gasteiger partial charge in [0.05, 0.1) is 11.9 Å². The van der Waals surface area contributed by atoms with Crippen LogP contribution in [0.1, 0.15) is 20.3 Å².